The Morgan fingerprint density at radius 2 is 0.945 bits per heavy atom. The molecule has 0 bridgehead atoms. The molecule has 55 heavy (non-hydrogen) atoms. The van der Waals surface area contributed by atoms with Crippen LogP contribution >= 0.6 is 0 Å². The fraction of sp³-hybridized carbons (Fsp3) is 0.755. The molecule has 0 aliphatic heterocycles. The molecule has 3 unspecified atom stereocenters. The molecule has 0 aromatic heterocycles. The number of hydrogen-bond acceptors (Lipinski definition) is 5. The molecule has 3 atom stereocenters. The van der Waals surface area contributed by atoms with Gasteiger partial charge in [-0.2, -0.15) is 0 Å². The third-order valence-corrected chi connectivity index (χ3v) is 10.1. The molecule has 0 fully saturated rings. The number of aliphatic hydroxyl groups is 2. The summed E-state index contributed by atoms with van der Waals surface area (Å²) >= 11 is 0. The summed E-state index contributed by atoms with van der Waals surface area (Å²) in [6.45, 7) is 6.31. The first-order valence-electron chi connectivity index (χ1n) is 23.0. The molecule has 0 rings (SSSR count). The molecule has 6 nitrogen and oxygen atoms in total. The normalized spacial score (nSPS) is 13.9. The van der Waals surface area contributed by atoms with Crippen molar-refractivity contribution >= 4 is 11.9 Å². The van der Waals surface area contributed by atoms with E-state index in [-0.39, 0.29) is 31.3 Å². The Balaban J connectivity index is 4.69. The van der Waals surface area contributed by atoms with Gasteiger partial charge in [0, 0.05) is 6.42 Å². The number of carbonyl (C=O) groups is 2. The van der Waals surface area contributed by atoms with Crippen LogP contribution in [0, 0.1) is 0 Å². The van der Waals surface area contributed by atoms with Crippen LogP contribution in [0.4, 0.5) is 0 Å². The average Bonchev–Trinajstić information content (AvgIpc) is 3.18. The van der Waals surface area contributed by atoms with Gasteiger partial charge < -0.3 is 20.3 Å². The fourth-order valence-electron chi connectivity index (χ4n) is 6.65. The number of nitrogens with one attached hydrogen (secondary N) is 1. The van der Waals surface area contributed by atoms with E-state index in [0.717, 1.165) is 70.6 Å². The molecule has 318 valence electrons. The van der Waals surface area contributed by atoms with E-state index in [4.69, 9.17) is 4.74 Å². The number of amides is 1. The third kappa shape index (κ3) is 38.2. The van der Waals surface area contributed by atoms with Crippen molar-refractivity contribution in [2.24, 2.45) is 0 Å². The van der Waals surface area contributed by atoms with E-state index in [1.807, 2.05) is 6.08 Å². The van der Waals surface area contributed by atoms with Crippen molar-refractivity contribution in [1.29, 1.82) is 0 Å². The highest BCUT2D eigenvalue weighted by molar-refractivity contribution is 5.77. The standard InChI is InChI=1S/C49H87NO5/c1-4-7-10-13-16-19-21-22-23-24-25-27-30-33-36-39-42-49(54)55-45(40-37-34-31-29-26-20-17-14-11-8-5-2)43-48(53)50-46(44-51)47(52)41-38-35-32-28-18-15-12-9-6-3/h7,10,16,19,22-23,25,27,33,36,45-47,51-52H,4-6,8-9,11-15,17-18,20-21,24,26,28-32,34-35,37-44H2,1-3H3,(H,50,53)/b10-7+,19-16+,23-22+,27-25+,36-33+. The predicted molar refractivity (Wildman–Crippen MR) is 236 cm³/mol. The lowest BCUT2D eigenvalue weighted by atomic mass is 10.0. The maximum absolute atomic E-state index is 13.1. The van der Waals surface area contributed by atoms with Crippen molar-refractivity contribution in [3.8, 4) is 0 Å². The summed E-state index contributed by atoms with van der Waals surface area (Å²) in [4.78, 5) is 25.9. The van der Waals surface area contributed by atoms with Crippen molar-refractivity contribution in [3.05, 3.63) is 60.8 Å². The Labute approximate surface area is 339 Å². The topological polar surface area (TPSA) is 95.9 Å². The van der Waals surface area contributed by atoms with E-state index in [1.54, 1.807) is 0 Å². The Hall–Kier alpha value is -2.44. The molecule has 0 spiro atoms. The molecule has 0 aliphatic rings. The quantitative estimate of drug-likeness (QED) is 0.0328. The van der Waals surface area contributed by atoms with Crippen molar-refractivity contribution in [2.45, 2.75) is 232 Å². The summed E-state index contributed by atoms with van der Waals surface area (Å²) in [5, 5.41) is 23.6. The van der Waals surface area contributed by atoms with Crippen LogP contribution in [0.25, 0.3) is 0 Å². The number of rotatable bonds is 40. The highest BCUT2D eigenvalue weighted by atomic mass is 16.5. The van der Waals surface area contributed by atoms with Crippen LogP contribution in [0.2, 0.25) is 0 Å². The summed E-state index contributed by atoms with van der Waals surface area (Å²) in [5.41, 5.74) is 0. The molecule has 0 saturated heterocycles. The Kier molecular flexibility index (Phi) is 40.8. The largest absolute Gasteiger partial charge is 0.462 e. The molecule has 0 aromatic carbocycles. The van der Waals surface area contributed by atoms with E-state index < -0.39 is 18.2 Å². The highest BCUT2D eigenvalue weighted by Gasteiger charge is 2.24. The van der Waals surface area contributed by atoms with Gasteiger partial charge in [-0.15, -0.1) is 0 Å². The van der Waals surface area contributed by atoms with Gasteiger partial charge in [0.25, 0.3) is 0 Å². The van der Waals surface area contributed by atoms with E-state index >= 15 is 0 Å². The van der Waals surface area contributed by atoms with Gasteiger partial charge >= 0.3 is 5.97 Å². The Morgan fingerprint density at radius 3 is 1.38 bits per heavy atom. The zero-order chi connectivity index (χ0) is 40.3. The molecule has 0 radical (unpaired) electrons. The summed E-state index contributed by atoms with van der Waals surface area (Å²) < 4.78 is 5.86. The van der Waals surface area contributed by atoms with Crippen LogP contribution in [-0.2, 0) is 14.3 Å². The number of esters is 1. The Bertz CT molecular complexity index is 999. The number of ether oxygens (including phenoxy) is 1. The molecule has 0 aliphatic carbocycles. The first-order chi connectivity index (χ1) is 27.0. The van der Waals surface area contributed by atoms with E-state index in [1.165, 1.54) is 89.9 Å². The number of aliphatic hydroxyl groups excluding tert-OH is 2. The number of allylic oxidation sites excluding steroid dienone is 10. The fourth-order valence-corrected chi connectivity index (χ4v) is 6.65. The van der Waals surface area contributed by atoms with Gasteiger partial charge in [-0.05, 0) is 57.8 Å². The lowest BCUT2D eigenvalue weighted by Crippen LogP contribution is -2.46. The minimum absolute atomic E-state index is 0.0480. The smallest absolute Gasteiger partial charge is 0.306 e. The number of carbonyl (C=O) groups excluding carboxylic acids is 2. The minimum atomic E-state index is -0.797. The first-order valence-corrected chi connectivity index (χ1v) is 23.0. The third-order valence-electron chi connectivity index (χ3n) is 10.1. The average molecular weight is 770 g/mol. The summed E-state index contributed by atoms with van der Waals surface area (Å²) in [5.74, 6) is -0.574. The predicted octanol–water partition coefficient (Wildman–Crippen LogP) is 13.3. The maximum atomic E-state index is 13.1. The highest BCUT2D eigenvalue weighted by Crippen LogP contribution is 2.17. The molecular formula is C49H87NO5. The van der Waals surface area contributed by atoms with Crippen LogP contribution in [0.3, 0.4) is 0 Å². The van der Waals surface area contributed by atoms with Crippen molar-refractivity contribution in [1.82, 2.24) is 5.32 Å². The second kappa shape index (κ2) is 42.7. The van der Waals surface area contributed by atoms with Gasteiger partial charge in [-0.3, -0.25) is 9.59 Å². The molecule has 6 heteroatoms. The van der Waals surface area contributed by atoms with Gasteiger partial charge in [0.2, 0.25) is 5.91 Å². The van der Waals surface area contributed by atoms with Gasteiger partial charge in [-0.25, -0.2) is 0 Å². The lowest BCUT2D eigenvalue weighted by molar-refractivity contribution is -0.150. The van der Waals surface area contributed by atoms with E-state index in [9.17, 15) is 19.8 Å². The van der Waals surface area contributed by atoms with Crippen LogP contribution in [-0.4, -0.2) is 46.9 Å². The summed E-state index contributed by atoms with van der Waals surface area (Å²) in [6, 6.07) is -0.713. The Morgan fingerprint density at radius 1 is 0.545 bits per heavy atom. The molecule has 0 saturated carbocycles. The van der Waals surface area contributed by atoms with Crippen LogP contribution in [0.1, 0.15) is 213 Å². The van der Waals surface area contributed by atoms with Crippen LogP contribution < -0.4 is 5.32 Å². The molecule has 1 amide bonds. The first kappa shape index (κ1) is 52.6. The molecular weight excluding hydrogens is 683 g/mol. The summed E-state index contributed by atoms with van der Waals surface area (Å²) in [7, 11) is 0. The minimum Gasteiger partial charge on any atom is -0.462 e. The van der Waals surface area contributed by atoms with Gasteiger partial charge in [0.1, 0.15) is 6.10 Å². The van der Waals surface area contributed by atoms with Gasteiger partial charge in [-0.1, -0.05) is 204 Å². The van der Waals surface area contributed by atoms with E-state index in [2.05, 4.69) is 80.8 Å². The lowest BCUT2D eigenvalue weighted by Gasteiger charge is -2.24. The van der Waals surface area contributed by atoms with Crippen molar-refractivity contribution < 1.29 is 24.5 Å². The monoisotopic (exact) mass is 770 g/mol. The van der Waals surface area contributed by atoms with Gasteiger partial charge in [0.05, 0.1) is 25.2 Å². The van der Waals surface area contributed by atoms with Crippen LogP contribution in [0.5, 0.6) is 0 Å². The maximum Gasteiger partial charge on any atom is 0.306 e. The SMILES string of the molecule is CC/C=C/C/C=C/C/C=C/C/C=C/C/C=C/CCC(=O)OC(CCCCCCCCCCCCC)CC(=O)NC(CO)C(O)CCCCCCCCCCC. The second-order valence-electron chi connectivity index (χ2n) is 15.4. The second-order valence-corrected chi connectivity index (χ2v) is 15.4. The molecule has 3 N–H and O–H groups in total. The van der Waals surface area contributed by atoms with Gasteiger partial charge in [0.15, 0.2) is 0 Å². The molecule has 0 heterocycles. The van der Waals surface area contributed by atoms with E-state index in [0.29, 0.717) is 19.3 Å². The van der Waals surface area contributed by atoms with Crippen molar-refractivity contribution in [3.63, 3.8) is 0 Å². The number of hydrogen-bond donors (Lipinski definition) is 3. The van der Waals surface area contributed by atoms with Crippen molar-refractivity contribution in [2.75, 3.05) is 6.61 Å². The zero-order valence-electron chi connectivity index (χ0n) is 36.0. The van der Waals surface area contributed by atoms with Crippen LogP contribution in [0.15, 0.2) is 60.8 Å². The number of unbranched alkanes of at least 4 members (excludes halogenated alkanes) is 18. The molecule has 0 aromatic rings. The summed E-state index contributed by atoms with van der Waals surface area (Å²) in [6.07, 6.45) is 51.5. The zero-order valence-corrected chi connectivity index (χ0v) is 36.0.